The minimum Gasteiger partial charge on any atom is -0.358 e. The summed E-state index contributed by atoms with van der Waals surface area (Å²) in [6, 6.07) is 8.78. The summed E-state index contributed by atoms with van der Waals surface area (Å²) < 4.78 is 0. The van der Waals surface area contributed by atoms with E-state index in [0.717, 1.165) is 6.42 Å². The zero-order chi connectivity index (χ0) is 13.1. The van der Waals surface area contributed by atoms with Crippen molar-refractivity contribution >= 4 is 10.9 Å². The molecule has 0 amide bonds. The van der Waals surface area contributed by atoms with Crippen LogP contribution in [0.1, 0.15) is 30.6 Å². The summed E-state index contributed by atoms with van der Waals surface area (Å²) in [4.78, 5) is 3.46. The monoisotopic (exact) mass is 245 g/mol. The molecule has 0 aliphatic carbocycles. The molecule has 2 unspecified atom stereocenters. The largest absolute Gasteiger partial charge is 0.358 e. The number of H-pyrrole nitrogens is 1. The van der Waals surface area contributed by atoms with E-state index in [1.54, 1.807) is 0 Å². The molecular formula is C15H23N3. The highest BCUT2D eigenvalue weighted by Gasteiger charge is 2.23. The van der Waals surface area contributed by atoms with Gasteiger partial charge in [-0.05, 0) is 38.1 Å². The average molecular weight is 245 g/mol. The van der Waals surface area contributed by atoms with Gasteiger partial charge >= 0.3 is 0 Å². The maximum Gasteiger partial charge on any atom is 0.0459 e. The van der Waals surface area contributed by atoms with Crippen molar-refractivity contribution in [3.05, 3.63) is 35.5 Å². The Morgan fingerprint density at radius 1 is 1.33 bits per heavy atom. The van der Waals surface area contributed by atoms with Crippen LogP contribution in [0.4, 0.5) is 0 Å². The Morgan fingerprint density at radius 2 is 2.06 bits per heavy atom. The molecule has 0 radical (unpaired) electrons. The Labute approximate surface area is 109 Å². The van der Waals surface area contributed by atoms with Crippen molar-refractivity contribution in [1.29, 1.82) is 0 Å². The summed E-state index contributed by atoms with van der Waals surface area (Å²) >= 11 is 0. The van der Waals surface area contributed by atoms with Crippen LogP contribution in [0, 0.1) is 12.8 Å². The van der Waals surface area contributed by atoms with Crippen LogP contribution in [0.3, 0.4) is 0 Å². The molecule has 1 heterocycles. The highest BCUT2D eigenvalue weighted by Crippen LogP contribution is 2.32. The Bertz CT molecular complexity index is 511. The topological polar surface area (TPSA) is 53.8 Å². The second-order valence-corrected chi connectivity index (χ2v) is 4.88. The Morgan fingerprint density at radius 3 is 2.67 bits per heavy atom. The number of aromatic nitrogens is 1. The summed E-state index contributed by atoms with van der Waals surface area (Å²) in [5.74, 6) is 0.466. The lowest BCUT2D eigenvalue weighted by Crippen LogP contribution is -2.30. The standard InChI is InChI=1S/C15H23N3/c1-4-11(9-16)15(17-3)14-10(2)18-13-8-6-5-7-12(13)14/h5-8,11,15,17-18H,4,9,16H2,1-3H3. The molecule has 98 valence electrons. The molecule has 0 saturated carbocycles. The molecule has 0 saturated heterocycles. The van der Waals surface area contributed by atoms with Gasteiger partial charge in [-0.15, -0.1) is 0 Å². The van der Waals surface area contributed by atoms with Crippen LogP contribution in [0.15, 0.2) is 24.3 Å². The first kappa shape index (κ1) is 13.1. The van der Waals surface area contributed by atoms with E-state index >= 15 is 0 Å². The van der Waals surface area contributed by atoms with E-state index in [0.29, 0.717) is 18.5 Å². The maximum absolute atomic E-state index is 5.91. The molecule has 0 spiro atoms. The van der Waals surface area contributed by atoms with Crippen LogP contribution in [-0.4, -0.2) is 18.6 Å². The van der Waals surface area contributed by atoms with Crippen molar-refractivity contribution in [2.45, 2.75) is 26.3 Å². The van der Waals surface area contributed by atoms with E-state index in [4.69, 9.17) is 5.73 Å². The zero-order valence-electron chi connectivity index (χ0n) is 11.5. The number of rotatable bonds is 5. The SMILES string of the molecule is CCC(CN)C(NC)c1c(C)[nH]c2ccccc12. The number of fused-ring (bicyclic) bond motifs is 1. The zero-order valence-corrected chi connectivity index (χ0v) is 11.5. The van der Waals surface area contributed by atoms with Gasteiger partial charge in [0.05, 0.1) is 0 Å². The van der Waals surface area contributed by atoms with E-state index in [1.807, 2.05) is 7.05 Å². The summed E-state index contributed by atoms with van der Waals surface area (Å²) in [6.07, 6.45) is 1.08. The van der Waals surface area contributed by atoms with Crippen LogP contribution in [0.5, 0.6) is 0 Å². The Kier molecular flexibility index (Phi) is 4.04. The van der Waals surface area contributed by atoms with E-state index in [-0.39, 0.29) is 0 Å². The quantitative estimate of drug-likeness (QED) is 0.758. The van der Waals surface area contributed by atoms with Gasteiger partial charge in [0.15, 0.2) is 0 Å². The highest BCUT2D eigenvalue weighted by molar-refractivity contribution is 5.85. The first-order valence-corrected chi connectivity index (χ1v) is 6.67. The molecule has 3 heteroatoms. The van der Waals surface area contributed by atoms with Crippen molar-refractivity contribution in [1.82, 2.24) is 10.3 Å². The van der Waals surface area contributed by atoms with Gasteiger partial charge in [0.1, 0.15) is 0 Å². The minimum absolute atomic E-state index is 0.316. The van der Waals surface area contributed by atoms with E-state index in [1.165, 1.54) is 22.2 Å². The average Bonchev–Trinajstić information content (AvgIpc) is 2.72. The predicted octanol–water partition coefficient (Wildman–Crippen LogP) is 2.72. The molecule has 18 heavy (non-hydrogen) atoms. The van der Waals surface area contributed by atoms with Crippen molar-refractivity contribution in [3.8, 4) is 0 Å². The Hall–Kier alpha value is -1.32. The molecule has 2 atom stereocenters. The van der Waals surface area contributed by atoms with Gasteiger partial charge in [-0.3, -0.25) is 0 Å². The molecule has 0 aliphatic rings. The van der Waals surface area contributed by atoms with Crippen LogP contribution in [-0.2, 0) is 0 Å². The number of hydrogen-bond acceptors (Lipinski definition) is 2. The summed E-state index contributed by atoms with van der Waals surface area (Å²) in [5.41, 5.74) is 9.72. The molecule has 3 nitrogen and oxygen atoms in total. The van der Waals surface area contributed by atoms with E-state index < -0.39 is 0 Å². The fraction of sp³-hybridized carbons (Fsp3) is 0.467. The summed E-state index contributed by atoms with van der Waals surface area (Å²) in [6.45, 7) is 5.05. The third-order valence-corrected chi connectivity index (χ3v) is 3.86. The first-order chi connectivity index (χ1) is 8.72. The molecule has 1 aromatic carbocycles. The number of hydrogen-bond donors (Lipinski definition) is 3. The molecule has 4 N–H and O–H groups in total. The molecule has 0 fully saturated rings. The second kappa shape index (κ2) is 5.55. The van der Waals surface area contributed by atoms with Crippen LogP contribution >= 0.6 is 0 Å². The maximum atomic E-state index is 5.91. The number of aryl methyl sites for hydroxylation is 1. The van der Waals surface area contributed by atoms with Gasteiger partial charge in [0.25, 0.3) is 0 Å². The third kappa shape index (κ3) is 2.16. The van der Waals surface area contributed by atoms with Gasteiger partial charge in [0, 0.05) is 22.6 Å². The van der Waals surface area contributed by atoms with Crippen LogP contribution in [0.25, 0.3) is 10.9 Å². The van der Waals surface area contributed by atoms with Crippen molar-refractivity contribution in [2.75, 3.05) is 13.6 Å². The lowest BCUT2D eigenvalue weighted by Gasteiger charge is -2.25. The second-order valence-electron chi connectivity index (χ2n) is 4.88. The molecule has 0 bridgehead atoms. The van der Waals surface area contributed by atoms with E-state index in [9.17, 15) is 0 Å². The van der Waals surface area contributed by atoms with Crippen molar-refractivity contribution in [3.63, 3.8) is 0 Å². The fourth-order valence-electron chi connectivity index (χ4n) is 2.85. The predicted molar refractivity (Wildman–Crippen MR) is 77.7 cm³/mol. The lowest BCUT2D eigenvalue weighted by atomic mass is 9.89. The molecule has 0 aliphatic heterocycles. The fourth-order valence-corrected chi connectivity index (χ4v) is 2.85. The first-order valence-electron chi connectivity index (χ1n) is 6.67. The van der Waals surface area contributed by atoms with Gasteiger partial charge in [-0.25, -0.2) is 0 Å². The molecule has 1 aromatic heterocycles. The van der Waals surface area contributed by atoms with Crippen LogP contribution < -0.4 is 11.1 Å². The molecule has 2 aromatic rings. The van der Waals surface area contributed by atoms with Crippen molar-refractivity contribution < 1.29 is 0 Å². The third-order valence-electron chi connectivity index (χ3n) is 3.86. The van der Waals surface area contributed by atoms with Gasteiger partial charge in [-0.2, -0.15) is 0 Å². The smallest absolute Gasteiger partial charge is 0.0459 e. The number of para-hydroxylation sites is 1. The highest BCUT2D eigenvalue weighted by atomic mass is 14.9. The number of nitrogens with one attached hydrogen (secondary N) is 2. The summed E-state index contributed by atoms with van der Waals surface area (Å²) in [7, 11) is 2.02. The van der Waals surface area contributed by atoms with Crippen molar-refractivity contribution in [2.24, 2.45) is 11.7 Å². The number of nitrogens with two attached hydrogens (primary N) is 1. The molecule has 2 rings (SSSR count). The van der Waals surface area contributed by atoms with Crippen LogP contribution in [0.2, 0.25) is 0 Å². The summed E-state index contributed by atoms with van der Waals surface area (Å²) in [5, 5.41) is 4.75. The minimum atomic E-state index is 0.316. The normalized spacial score (nSPS) is 14.9. The number of benzene rings is 1. The van der Waals surface area contributed by atoms with E-state index in [2.05, 4.69) is 48.4 Å². The van der Waals surface area contributed by atoms with Gasteiger partial charge < -0.3 is 16.0 Å². The number of aromatic amines is 1. The Balaban J connectivity index is 2.53. The van der Waals surface area contributed by atoms with Gasteiger partial charge in [-0.1, -0.05) is 31.5 Å². The van der Waals surface area contributed by atoms with Gasteiger partial charge in [0.2, 0.25) is 0 Å². The lowest BCUT2D eigenvalue weighted by molar-refractivity contribution is 0.379. The molecular weight excluding hydrogens is 222 g/mol.